The van der Waals surface area contributed by atoms with E-state index in [1.54, 1.807) is 13.2 Å². The third kappa shape index (κ3) is 3.78. The van der Waals surface area contributed by atoms with Crippen LogP contribution >= 0.6 is 0 Å². The van der Waals surface area contributed by atoms with Gasteiger partial charge in [-0.1, -0.05) is 18.6 Å². The fourth-order valence-electron chi connectivity index (χ4n) is 6.31. The predicted octanol–water partition coefficient (Wildman–Crippen LogP) is 4.39. The van der Waals surface area contributed by atoms with Gasteiger partial charge in [0, 0.05) is 41.3 Å². The molecule has 0 spiro atoms. The third-order valence-corrected chi connectivity index (χ3v) is 8.27. The molecule has 6 rings (SSSR count). The van der Waals surface area contributed by atoms with Gasteiger partial charge in [0.2, 0.25) is 0 Å². The fraction of sp³-hybridized carbons (Fsp3) is 0.500. The van der Waals surface area contributed by atoms with Crippen molar-refractivity contribution in [2.75, 3.05) is 33.4 Å². The van der Waals surface area contributed by atoms with E-state index in [1.807, 2.05) is 18.2 Å². The van der Waals surface area contributed by atoms with Crippen molar-refractivity contribution in [3.05, 3.63) is 59.3 Å². The van der Waals surface area contributed by atoms with Crippen LogP contribution in [0.4, 0.5) is 0 Å². The number of aromatic hydroxyl groups is 1. The van der Waals surface area contributed by atoms with Crippen molar-refractivity contribution in [3.63, 3.8) is 0 Å². The summed E-state index contributed by atoms with van der Waals surface area (Å²) in [6.07, 6.45) is 6.26. The van der Waals surface area contributed by atoms with Gasteiger partial charge in [0.25, 0.3) is 0 Å². The molecule has 6 heteroatoms. The molecule has 0 radical (unpaired) electrons. The Morgan fingerprint density at radius 2 is 2.09 bits per heavy atom. The normalized spacial score (nSPS) is 25.3. The number of nitrogens with zero attached hydrogens (tertiary/aromatic N) is 2. The molecular formula is C28H36N4O2. The minimum absolute atomic E-state index is 0.0305. The van der Waals surface area contributed by atoms with Crippen molar-refractivity contribution in [2.45, 2.75) is 56.7 Å². The molecule has 1 saturated carbocycles. The number of phenolic OH excluding ortho intramolecular Hbond substituents is 1. The summed E-state index contributed by atoms with van der Waals surface area (Å²) in [5.74, 6) is 1.21. The smallest absolute Gasteiger partial charge is 0.119 e. The number of hydrogen-bond donors (Lipinski definition) is 3. The maximum absolute atomic E-state index is 10.3. The van der Waals surface area contributed by atoms with Gasteiger partial charge < -0.3 is 20.1 Å². The molecule has 2 atom stereocenters. The van der Waals surface area contributed by atoms with Gasteiger partial charge >= 0.3 is 0 Å². The lowest BCUT2D eigenvalue weighted by Gasteiger charge is -2.44. The summed E-state index contributed by atoms with van der Waals surface area (Å²) in [4.78, 5) is 9.02. The van der Waals surface area contributed by atoms with E-state index in [4.69, 9.17) is 4.74 Å². The standard InChI is InChI=1S/C28H36N4O2/c1-28-16-24-23-15-22(34-2)10-11-25(23)30-26(24)27(19-6-3-9-21(33)14-19)32(28)18-31(17-28)13-5-12-29-20-7-4-8-20/h3,6,9-11,14-15,20,27,29-30,33H,4-5,7-8,12-13,16-18H2,1-2H3/t27-,28+/m1/s1. The van der Waals surface area contributed by atoms with Gasteiger partial charge in [0.05, 0.1) is 19.8 Å². The lowest BCUT2D eigenvalue weighted by atomic mass is 9.81. The quantitative estimate of drug-likeness (QED) is 0.457. The molecule has 6 nitrogen and oxygen atoms in total. The number of nitrogens with one attached hydrogen (secondary N) is 2. The highest BCUT2D eigenvalue weighted by atomic mass is 16.5. The number of methoxy groups -OCH3 is 1. The molecule has 3 heterocycles. The van der Waals surface area contributed by atoms with E-state index in [0.29, 0.717) is 5.75 Å². The molecule has 0 amide bonds. The number of ether oxygens (including phenoxy) is 1. The number of phenols is 1. The maximum atomic E-state index is 10.3. The minimum atomic E-state index is 0.0305. The van der Waals surface area contributed by atoms with Crippen LogP contribution < -0.4 is 10.1 Å². The zero-order valence-electron chi connectivity index (χ0n) is 20.3. The summed E-state index contributed by atoms with van der Waals surface area (Å²) in [7, 11) is 1.73. The van der Waals surface area contributed by atoms with Crippen molar-refractivity contribution in [1.29, 1.82) is 0 Å². The second kappa shape index (κ2) is 8.59. The second-order valence-corrected chi connectivity index (χ2v) is 10.7. The largest absolute Gasteiger partial charge is 0.508 e. The Balaban J connectivity index is 1.32. The lowest BCUT2D eigenvalue weighted by molar-refractivity contribution is 0.105. The average molecular weight is 461 g/mol. The van der Waals surface area contributed by atoms with Gasteiger partial charge in [-0.05, 0) is 80.6 Å². The molecular weight excluding hydrogens is 424 g/mol. The monoisotopic (exact) mass is 460 g/mol. The zero-order chi connectivity index (χ0) is 23.3. The third-order valence-electron chi connectivity index (χ3n) is 8.27. The first kappa shape index (κ1) is 22.0. The van der Waals surface area contributed by atoms with Crippen LogP contribution in [0, 0.1) is 0 Å². The van der Waals surface area contributed by atoms with Crippen molar-refractivity contribution < 1.29 is 9.84 Å². The molecule has 2 aliphatic heterocycles. The molecule has 3 aliphatic rings. The SMILES string of the molecule is COc1ccc2[nH]c3c(c2c1)C[C@@]1(C)CN(CCCNC2CCC2)CN1[C@@H]3c1cccc(O)c1. The Hall–Kier alpha value is -2.54. The van der Waals surface area contributed by atoms with Gasteiger partial charge in [-0.2, -0.15) is 0 Å². The van der Waals surface area contributed by atoms with Crippen LogP contribution in [-0.4, -0.2) is 64.9 Å². The molecule has 0 bridgehead atoms. The Labute approximate surface area is 201 Å². The van der Waals surface area contributed by atoms with Crippen molar-refractivity contribution in [2.24, 2.45) is 0 Å². The highest BCUT2D eigenvalue weighted by Crippen LogP contribution is 2.48. The summed E-state index contributed by atoms with van der Waals surface area (Å²) in [5.41, 5.74) is 4.95. The van der Waals surface area contributed by atoms with E-state index in [1.165, 1.54) is 42.3 Å². The van der Waals surface area contributed by atoms with E-state index < -0.39 is 0 Å². The predicted molar refractivity (Wildman–Crippen MR) is 135 cm³/mol. The first-order valence-electron chi connectivity index (χ1n) is 12.7. The molecule has 3 N–H and O–H groups in total. The van der Waals surface area contributed by atoms with Crippen molar-refractivity contribution in [1.82, 2.24) is 20.1 Å². The summed E-state index contributed by atoms with van der Waals surface area (Å²) in [6.45, 7) is 6.63. The van der Waals surface area contributed by atoms with Crippen LogP contribution in [0.25, 0.3) is 10.9 Å². The zero-order valence-corrected chi connectivity index (χ0v) is 20.3. The van der Waals surface area contributed by atoms with Gasteiger partial charge in [-0.25, -0.2) is 0 Å². The molecule has 2 fully saturated rings. The number of aromatic nitrogens is 1. The maximum Gasteiger partial charge on any atom is 0.119 e. The number of rotatable bonds is 7. The van der Waals surface area contributed by atoms with Gasteiger partial charge in [0.1, 0.15) is 11.5 Å². The topological polar surface area (TPSA) is 63.8 Å². The molecule has 0 unspecified atom stereocenters. The summed E-state index contributed by atoms with van der Waals surface area (Å²) >= 11 is 0. The number of hydrogen-bond acceptors (Lipinski definition) is 5. The average Bonchev–Trinajstić information content (AvgIpc) is 3.31. The molecule has 2 aromatic carbocycles. The van der Waals surface area contributed by atoms with E-state index in [9.17, 15) is 5.11 Å². The number of benzene rings is 2. The summed E-state index contributed by atoms with van der Waals surface area (Å²) in [6, 6.07) is 15.0. The first-order chi connectivity index (χ1) is 16.5. The van der Waals surface area contributed by atoms with E-state index in [-0.39, 0.29) is 11.6 Å². The van der Waals surface area contributed by atoms with E-state index in [0.717, 1.165) is 55.6 Å². The Morgan fingerprint density at radius 1 is 1.21 bits per heavy atom. The van der Waals surface area contributed by atoms with Crippen LogP contribution in [0.2, 0.25) is 0 Å². The van der Waals surface area contributed by atoms with E-state index >= 15 is 0 Å². The Kier molecular flexibility index (Phi) is 5.55. The van der Waals surface area contributed by atoms with Gasteiger partial charge in [-0.15, -0.1) is 0 Å². The molecule has 34 heavy (non-hydrogen) atoms. The number of aromatic amines is 1. The molecule has 3 aromatic rings. The Morgan fingerprint density at radius 3 is 2.85 bits per heavy atom. The fourth-order valence-corrected chi connectivity index (χ4v) is 6.31. The van der Waals surface area contributed by atoms with Crippen molar-refractivity contribution in [3.8, 4) is 11.5 Å². The number of H-pyrrole nitrogens is 1. The summed E-state index contributed by atoms with van der Waals surface area (Å²) < 4.78 is 5.55. The number of fused-ring (bicyclic) bond motifs is 4. The molecule has 1 aromatic heterocycles. The molecule has 1 aliphatic carbocycles. The van der Waals surface area contributed by atoms with Crippen LogP contribution in [-0.2, 0) is 6.42 Å². The van der Waals surface area contributed by atoms with Gasteiger partial charge in [0.15, 0.2) is 0 Å². The van der Waals surface area contributed by atoms with Gasteiger partial charge in [-0.3, -0.25) is 9.80 Å². The van der Waals surface area contributed by atoms with Crippen LogP contribution in [0.1, 0.15) is 55.5 Å². The highest BCUT2D eigenvalue weighted by molar-refractivity contribution is 5.87. The minimum Gasteiger partial charge on any atom is -0.508 e. The molecule has 180 valence electrons. The lowest BCUT2D eigenvalue weighted by Crippen LogP contribution is -2.50. The highest BCUT2D eigenvalue weighted by Gasteiger charge is 2.49. The van der Waals surface area contributed by atoms with Crippen LogP contribution in [0.3, 0.4) is 0 Å². The first-order valence-corrected chi connectivity index (χ1v) is 12.7. The van der Waals surface area contributed by atoms with E-state index in [2.05, 4.69) is 45.2 Å². The second-order valence-electron chi connectivity index (χ2n) is 10.7. The van der Waals surface area contributed by atoms with Crippen molar-refractivity contribution >= 4 is 10.9 Å². The van der Waals surface area contributed by atoms with Crippen LogP contribution in [0.5, 0.6) is 11.5 Å². The summed E-state index contributed by atoms with van der Waals surface area (Å²) in [5, 5.41) is 15.3. The molecule has 1 saturated heterocycles. The Bertz CT molecular complexity index is 1190. The van der Waals surface area contributed by atoms with Crippen LogP contribution in [0.15, 0.2) is 42.5 Å².